The zero-order valence-corrected chi connectivity index (χ0v) is 19.6. The summed E-state index contributed by atoms with van der Waals surface area (Å²) in [6, 6.07) is 10.5. The van der Waals surface area contributed by atoms with E-state index < -0.39 is 52.4 Å². The molecule has 1 atom stereocenters. The van der Waals surface area contributed by atoms with Crippen molar-refractivity contribution in [1.29, 1.82) is 5.26 Å². The van der Waals surface area contributed by atoms with E-state index in [2.05, 4.69) is 5.32 Å². The van der Waals surface area contributed by atoms with E-state index in [0.717, 1.165) is 12.1 Å². The molecule has 5 nitrogen and oxygen atoms in total. The van der Waals surface area contributed by atoms with Gasteiger partial charge in [-0.1, -0.05) is 17.7 Å². The number of fused-ring (bicyclic) bond motifs is 3. The van der Waals surface area contributed by atoms with Crippen LogP contribution in [-0.4, -0.2) is 11.8 Å². The Labute approximate surface area is 216 Å². The van der Waals surface area contributed by atoms with Crippen LogP contribution in [0.1, 0.15) is 49.0 Å². The fraction of sp³-hybridized carbons (Fsp3) is 0.0741. The number of halogens is 6. The molecule has 3 N–H and O–H groups in total. The van der Waals surface area contributed by atoms with E-state index in [-0.39, 0.29) is 44.3 Å². The molecule has 4 aromatic carbocycles. The maximum Gasteiger partial charge on any atom is 0.416 e. The second kappa shape index (κ2) is 8.82. The van der Waals surface area contributed by atoms with Gasteiger partial charge in [-0.15, -0.1) is 0 Å². The number of hydrogen-bond donors (Lipinski definition) is 2. The van der Waals surface area contributed by atoms with Crippen molar-refractivity contribution >= 4 is 34.2 Å². The highest BCUT2D eigenvalue weighted by atomic mass is 35.5. The summed E-state index contributed by atoms with van der Waals surface area (Å²) >= 11 is 6.30. The number of hydrogen-bond acceptors (Lipinski definition) is 3. The SMILES string of the molecule is N#Cc1ccc2cc(-c3c(F)cc(C(F)(F)F)cc3C(N)=O)c3c(c2c1)C(=O)NC3c1cc(F)ccc1Cl. The van der Waals surface area contributed by atoms with E-state index in [1.54, 1.807) is 0 Å². The summed E-state index contributed by atoms with van der Waals surface area (Å²) in [6.07, 6.45) is -4.97. The van der Waals surface area contributed by atoms with E-state index in [4.69, 9.17) is 17.3 Å². The molecule has 1 unspecified atom stereocenters. The monoisotopic (exact) mass is 541 g/mol. The molecule has 190 valence electrons. The van der Waals surface area contributed by atoms with Gasteiger partial charge in [0.05, 0.1) is 34.4 Å². The summed E-state index contributed by atoms with van der Waals surface area (Å²) in [5.74, 6) is -4.12. The molecule has 0 fully saturated rings. The summed E-state index contributed by atoms with van der Waals surface area (Å²) in [4.78, 5) is 25.6. The lowest BCUT2D eigenvalue weighted by Gasteiger charge is -2.21. The number of benzene rings is 4. The van der Waals surface area contributed by atoms with Gasteiger partial charge in [0.2, 0.25) is 5.91 Å². The van der Waals surface area contributed by atoms with E-state index in [1.807, 2.05) is 6.07 Å². The van der Waals surface area contributed by atoms with E-state index >= 15 is 4.39 Å². The Balaban J connectivity index is 1.94. The van der Waals surface area contributed by atoms with Gasteiger partial charge in [0.1, 0.15) is 11.6 Å². The van der Waals surface area contributed by atoms with Crippen molar-refractivity contribution in [3.05, 3.63) is 105 Å². The number of amides is 2. The zero-order valence-electron chi connectivity index (χ0n) is 18.9. The summed E-state index contributed by atoms with van der Waals surface area (Å²) in [7, 11) is 0. The van der Waals surface area contributed by atoms with Crippen LogP contribution in [0, 0.1) is 23.0 Å². The van der Waals surface area contributed by atoms with Crippen molar-refractivity contribution in [2.24, 2.45) is 5.73 Å². The number of rotatable bonds is 3. The first kappa shape index (κ1) is 25.2. The minimum Gasteiger partial charge on any atom is -0.366 e. The van der Waals surface area contributed by atoms with Gasteiger partial charge in [-0.25, -0.2) is 8.78 Å². The predicted octanol–water partition coefficient (Wildman–Crippen LogP) is 6.26. The molecule has 0 radical (unpaired) electrons. The Bertz CT molecular complexity index is 1740. The molecule has 0 saturated heterocycles. The summed E-state index contributed by atoms with van der Waals surface area (Å²) in [5.41, 5.74) is 2.78. The van der Waals surface area contributed by atoms with Gasteiger partial charge in [-0.2, -0.15) is 18.4 Å². The van der Waals surface area contributed by atoms with Crippen molar-refractivity contribution in [3.8, 4) is 17.2 Å². The lowest BCUT2D eigenvalue weighted by molar-refractivity contribution is -0.137. The Morgan fingerprint density at radius 2 is 1.76 bits per heavy atom. The van der Waals surface area contributed by atoms with Gasteiger partial charge >= 0.3 is 6.18 Å². The number of nitrogens with one attached hydrogen (secondary N) is 1. The van der Waals surface area contributed by atoms with Crippen LogP contribution in [0.5, 0.6) is 0 Å². The average Bonchev–Trinajstić information content (AvgIpc) is 3.21. The molecule has 1 aliphatic rings. The van der Waals surface area contributed by atoms with Gasteiger partial charge < -0.3 is 11.1 Å². The third kappa shape index (κ3) is 4.01. The first-order valence-electron chi connectivity index (χ1n) is 10.9. The first-order chi connectivity index (χ1) is 17.9. The molecule has 11 heteroatoms. The molecule has 2 amide bonds. The maximum absolute atomic E-state index is 15.5. The largest absolute Gasteiger partial charge is 0.416 e. The van der Waals surface area contributed by atoms with Crippen LogP contribution < -0.4 is 11.1 Å². The molecular weight excluding hydrogens is 529 g/mol. The lowest BCUT2D eigenvalue weighted by atomic mass is 9.84. The number of carbonyl (C=O) groups excluding carboxylic acids is 2. The number of alkyl halides is 3. The van der Waals surface area contributed by atoms with Crippen LogP contribution in [0.15, 0.2) is 54.6 Å². The molecule has 0 saturated carbocycles. The van der Waals surface area contributed by atoms with Gasteiger partial charge in [0.25, 0.3) is 5.91 Å². The second-order valence-electron chi connectivity index (χ2n) is 8.58. The topological polar surface area (TPSA) is 96.0 Å². The minimum atomic E-state index is -4.97. The molecule has 0 aromatic heterocycles. The average molecular weight is 542 g/mol. The molecule has 4 aromatic rings. The third-order valence-corrected chi connectivity index (χ3v) is 6.67. The van der Waals surface area contributed by atoms with Gasteiger partial charge in [0.15, 0.2) is 0 Å². The third-order valence-electron chi connectivity index (χ3n) is 6.32. The zero-order chi connectivity index (χ0) is 27.5. The van der Waals surface area contributed by atoms with Crippen molar-refractivity contribution in [1.82, 2.24) is 5.32 Å². The highest BCUT2D eigenvalue weighted by molar-refractivity contribution is 6.31. The summed E-state index contributed by atoms with van der Waals surface area (Å²) in [6.45, 7) is 0. The van der Waals surface area contributed by atoms with E-state index in [0.29, 0.717) is 11.5 Å². The first-order valence-corrected chi connectivity index (χ1v) is 11.3. The van der Waals surface area contributed by atoms with Crippen LogP contribution >= 0.6 is 11.6 Å². The van der Waals surface area contributed by atoms with Crippen LogP contribution in [0.2, 0.25) is 5.02 Å². The molecular formula is C27H13ClF5N3O2. The predicted molar refractivity (Wildman–Crippen MR) is 128 cm³/mol. The Morgan fingerprint density at radius 3 is 2.42 bits per heavy atom. The van der Waals surface area contributed by atoms with Crippen LogP contribution in [0.25, 0.3) is 21.9 Å². The van der Waals surface area contributed by atoms with Gasteiger partial charge in [0, 0.05) is 21.7 Å². The number of nitrogens with two attached hydrogens (primary N) is 1. The Morgan fingerprint density at radius 1 is 1.03 bits per heavy atom. The Kier molecular flexibility index (Phi) is 5.84. The Hall–Kier alpha value is -4.49. The standard InChI is InChI=1S/C27H13ClF5N3O2/c28-19-4-3-14(29)9-16(19)24-22-17(21-18(25(35)37)7-13(8-20(21)30)27(31,32)33)6-12-2-1-11(10-34)5-15(12)23(22)26(38)36-24/h1-9,24H,(H2,35,37)(H,36,38). The molecule has 1 aliphatic heterocycles. The fourth-order valence-corrected chi connectivity index (χ4v) is 4.94. The van der Waals surface area contributed by atoms with E-state index in [1.165, 1.54) is 30.3 Å². The summed E-state index contributed by atoms with van der Waals surface area (Å²) < 4.78 is 69.9. The van der Waals surface area contributed by atoms with E-state index in [9.17, 15) is 32.4 Å². The normalized spacial score (nSPS) is 14.8. The van der Waals surface area contributed by atoms with Crippen LogP contribution in [0.4, 0.5) is 22.0 Å². The number of carbonyl (C=O) groups is 2. The molecule has 0 aliphatic carbocycles. The highest BCUT2D eigenvalue weighted by Gasteiger charge is 2.38. The molecule has 0 bridgehead atoms. The summed E-state index contributed by atoms with van der Waals surface area (Å²) in [5, 5.41) is 12.7. The second-order valence-corrected chi connectivity index (χ2v) is 8.98. The van der Waals surface area contributed by atoms with Crippen molar-refractivity contribution in [2.75, 3.05) is 0 Å². The van der Waals surface area contributed by atoms with Crippen LogP contribution in [0.3, 0.4) is 0 Å². The van der Waals surface area contributed by atoms with Crippen molar-refractivity contribution in [2.45, 2.75) is 12.2 Å². The molecule has 0 spiro atoms. The quantitative estimate of drug-likeness (QED) is 0.300. The van der Waals surface area contributed by atoms with Gasteiger partial charge in [-0.05, 0) is 64.9 Å². The fourth-order valence-electron chi connectivity index (χ4n) is 4.72. The molecule has 38 heavy (non-hydrogen) atoms. The van der Waals surface area contributed by atoms with Crippen molar-refractivity contribution in [3.63, 3.8) is 0 Å². The number of nitrogens with zero attached hydrogens (tertiary/aromatic N) is 1. The van der Waals surface area contributed by atoms with Crippen LogP contribution in [-0.2, 0) is 6.18 Å². The minimum absolute atomic E-state index is 0.0327. The number of primary amides is 1. The lowest BCUT2D eigenvalue weighted by Crippen LogP contribution is -2.21. The molecule has 5 rings (SSSR count). The smallest absolute Gasteiger partial charge is 0.366 e. The maximum atomic E-state index is 15.5. The number of nitriles is 1. The molecule has 1 heterocycles. The van der Waals surface area contributed by atoms with Gasteiger partial charge in [-0.3, -0.25) is 9.59 Å². The highest BCUT2D eigenvalue weighted by Crippen LogP contribution is 2.46. The van der Waals surface area contributed by atoms with Crippen molar-refractivity contribution < 1.29 is 31.5 Å².